The maximum Gasteiger partial charge on any atom is 0.404 e. The minimum Gasteiger partial charge on any atom is -0.333 e. The molecule has 6 nitrogen and oxygen atoms in total. The summed E-state index contributed by atoms with van der Waals surface area (Å²) in [6.07, 6.45) is -1.27. The Bertz CT molecular complexity index is 1370. The van der Waals surface area contributed by atoms with Gasteiger partial charge in [-0.2, -0.15) is 23.2 Å². The standard InChI is InChI=1S/C22H20F4N4O2S/c1-12-6-8-16-17(10-27)20(30(14-4-3-5-14)21(16)19(12)23)18-9-7-15(11-28-18)33(31,32)29-13(2)22(24,25)26/h6-9,11,13-14,29H,3-5H2,1-2H3. The van der Waals surface area contributed by atoms with E-state index in [2.05, 4.69) is 11.1 Å². The Morgan fingerprint density at radius 1 is 1.24 bits per heavy atom. The zero-order chi connectivity index (χ0) is 24.1. The van der Waals surface area contributed by atoms with E-state index in [0.29, 0.717) is 29.1 Å². The van der Waals surface area contributed by atoms with Gasteiger partial charge in [-0.05, 0) is 50.8 Å². The van der Waals surface area contributed by atoms with Gasteiger partial charge in [0.2, 0.25) is 10.0 Å². The van der Waals surface area contributed by atoms with Crippen molar-refractivity contribution in [2.24, 2.45) is 0 Å². The third kappa shape index (κ3) is 3.98. The molecule has 1 N–H and O–H groups in total. The van der Waals surface area contributed by atoms with Crippen LogP contribution in [-0.4, -0.2) is 30.2 Å². The number of hydrogen-bond acceptors (Lipinski definition) is 4. The molecule has 3 aromatic rings. The quantitative estimate of drug-likeness (QED) is 0.522. The summed E-state index contributed by atoms with van der Waals surface area (Å²) in [7, 11) is -4.48. The van der Waals surface area contributed by atoms with Gasteiger partial charge in [-0.25, -0.2) is 12.8 Å². The molecule has 1 aliphatic carbocycles. The van der Waals surface area contributed by atoms with Gasteiger partial charge >= 0.3 is 6.18 Å². The van der Waals surface area contributed by atoms with E-state index in [1.54, 1.807) is 28.3 Å². The fraction of sp³-hybridized carbons (Fsp3) is 0.364. The van der Waals surface area contributed by atoms with E-state index in [9.17, 15) is 26.9 Å². The highest BCUT2D eigenvalue weighted by molar-refractivity contribution is 7.89. The van der Waals surface area contributed by atoms with E-state index in [0.717, 1.165) is 31.5 Å². The number of benzene rings is 1. The highest BCUT2D eigenvalue weighted by atomic mass is 32.2. The maximum atomic E-state index is 15.1. The topological polar surface area (TPSA) is 87.8 Å². The van der Waals surface area contributed by atoms with E-state index < -0.39 is 33.0 Å². The second-order valence-electron chi connectivity index (χ2n) is 8.15. The van der Waals surface area contributed by atoms with Gasteiger partial charge in [-0.3, -0.25) is 4.98 Å². The summed E-state index contributed by atoms with van der Waals surface area (Å²) in [6, 6.07) is 5.50. The van der Waals surface area contributed by atoms with E-state index in [1.165, 1.54) is 6.07 Å². The van der Waals surface area contributed by atoms with Crippen LogP contribution in [-0.2, 0) is 10.0 Å². The number of fused-ring (bicyclic) bond motifs is 1. The molecule has 4 rings (SSSR count). The van der Waals surface area contributed by atoms with Gasteiger partial charge in [-0.15, -0.1) is 0 Å². The molecule has 1 unspecified atom stereocenters. The second-order valence-corrected chi connectivity index (χ2v) is 9.86. The van der Waals surface area contributed by atoms with Crippen LogP contribution in [0, 0.1) is 24.1 Å². The average molecular weight is 480 g/mol. The second kappa shape index (κ2) is 8.11. The molecule has 1 fully saturated rings. The Hall–Kier alpha value is -2.97. The lowest BCUT2D eigenvalue weighted by atomic mass is 9.92. The summed E-state index contributed by atoms with van der Waals surface area (Å²) in [5.41, 5.74) is 1.53. The lowest BCUT2D eigenvalue weighted by Gasteiger charge is -2.30. The molecule has 1 aromatic carbocycles. The first kappa shape index (κ1) is 23.2. The predicted molar refractivity (Wildman–Crippen MR) is 113 cm³/mol. The molecular formula is C22H20F4N4O2S. The fourth-order valence-corrected chi connectivity index (χ4v) is 5.06. The molecule has 33 heavy (non-hydrogen) atoms. The monoisotopic (exact) mass is 480 g/mol. The van der Waals surface area contributed by atoms with E-state index in [4.69, 9.17) is 0 Å². The molecule has 1 atom stereocenters. The number of hydrogen-bond donors (Lipinski definition) is 1. The molecule has 0 saturated heterocycles. The molecule has 0 aliphatic heterocycles. The minimum absolute atomic E-state index is 0.0413. The summed E-state index contributed by atoms with van der Waals surface area (Å²) in [6.45, 7) is 2.33. The molecule has 1 saturated carbocycles. The molecule has 2 aromatic heterocycles. The molecule has 2 heterocycles. The minimum atomic E-state index is -4.74. The van der Waals surface area contributed by atoms with E-state index in [1.807, 2.05) is 0 Å². The van der Waals surface area contributed by atoms with Crippen LogP contribution >= 0.6 is 0 Å². The zero-order valence-corrected chi connectivity index (χ0v) is 18.6. The van der Waals surface area contributed by atoms with E-state index in [-0.39, 0.29) is 17.3 Å². The fourth-order valence-electron chi connectivity index (χ4n) is 3.88. The number of alkyl halides is 3. The Labute approximate surface area is 187 Å². The molecule has 0 radical (unpaired) electrons. The van der Waals surface area contributed by atoms with Gasteiger partial charge in [0, 0.05) is 17.6 Å². The van der Waals surface area contributed by atoms with Crippen molar-refractivity contribution in [3.05, 3.63) is 47.4 Å². The number of halogens is 4. The largest absolute Gasteiger partial charge is 0.404 e. The van der Waals surface area contributed by atoms with Crippen LogP contribution in [0.2, 0.25) is 0 Å². The van der Waals surface area contributed by atoms with Crippen LogP contribution in [0.1, 0.15) is 43.4 Å². The number of aryl methyl sites for hydroxylation is 1. The third-order valence-electron chi connectivity index (χ3n) is 5.96. The average Bonchev–Trinajstić information content (AvgIpc) is 3.03. The Morgan fingerprint density at radius 3 is 2.45 bits per heavy atom. The summed E-state index contributed by atoms with van der Waals surface area (Å²) in [5.74, 6) is -0.438. The van der Waals surface area contributed by atoms with Crippen LogP contribution in [0.4, 0.5) is 17.6 Å². The molecule has 11 heteroatoms. The normalized spacial score (nSPS) is 15.9. The number of aromatic nitrogens is 2. The number of pyridine rings is 1. The Balaban J connectivity index is 1.84. The van der Waals surface area contributed by atoms with Crippen LogP contribution in [0.3, 0.4) is 0 Å². The number of nitriles is 1. The van der Waals surface area contributed by atoms with Crippen molar-refractivity contribution in [2.75, 3.05) is 0 Å². The smallest absolute Gasteiger partial charge is 0.333 e. The van der Waals surface area contributed by atoms with Crippen LogP contribution in [0.25, 0.3) is 22.3 Å². The number of rotatable bonds is 5. The number of nitrogens with zero attached hydrogens (tertiary/aromatic N) is 3. The molecular weight excluding hydrogens is 460 g/mol. The highest BCUT2D eigenvalue weighted by Gasteiger charge is 2.39. The maximum absolute atomic E-state index is 15.1. The van der Waals surface area contributed by atoms with Crippen molar-refractivity contribution in [1.82, 2.24) is 14.3 Å². The Morgan fingerprint density at radius 2 is 1.94 bits per heavy atom. The van der Waals surface area contributed by atoms with Gasteiger partial charge < -0.3 is 4.57 Å². The van der Waals surface area contributed by atoms with Crippen LogP contribution < -0.4 is 4.72 Å². The lowest BCUT2D eigenvalue weighted by Crippen LogP contribution is -2.42. The van der Waals surface area contributed by atoms with Crippen LogP contribution in [0.15, 0.2) is 35.4 Å². The summed E-state index contributed by atoms with van der Waals surface area (Å²) in [4.78, 5) is 3.70. The van der Waals surface area contributed by atoms with Crippen LogP contribution in [0.5, 0.6) is 0 Å². The van der Waals surface area contributed by atoms with Gasteiger partial charge in [0.15, 0.2) is 0 Å². The third-order valence-corrected chi connectivity index (χ3v) is 7.49. The molecule has 0 amide bonds. The lowest BCUT2D eigenvalue weighted by molar-refractivity contribution is -0.147. The number of sulfonamides is 1. The van der Waals surface area contributed by atoms with Crippen molar-refractivity contribution in [1.29, 1.82) is 5.26 Å². The van der Waals surface area contributed by atoms with Gasteiger partial charge in [0.25, 0.3) is 0 Å². The zero-order valence-electron chi connectivity index (χ0n) is 17.7. The first-order valence-electron chi connectivity index (χ1n) is 10.2. The first-order chi connectivity index (χ1) is 15.5. The summed E-state index contributed by atoms with van der Waals surface area (Å²) < 4.78 is 81.5. The van der Waals surface area contributed by atoms with Gasteiger partial charge in [0.05, 0.1) is 22.5 Å². The Kier molecular flexibility index (Phi) is 5.70. The first-order valence-corrected chi connectivity index (χ1v) is 11.7. The van der Waals surface area contributed by atoms with Crippen molar-refractivity contribution in [3.8, 4) is 17.5 Å². The molecule has 0 spiro atoms. The molecule has 174 valence electrons. The SMILES string of the molecule is Cc1ccc2c(C#N)c(-c3ccc(S(=O)(=O)NC(C)C(F)(F)F)cn3)n(C3CCC3)c2c1F. The van der Waals surface area contributed by atoms with Gasteiger partial charge in [0.1, 0.15) is 22.8 Å². The van der Waals surface area contributed by atoms with Gasteiger partial charge in [-0.1, -0.05) is 12.1 Å². The molecule has 1 aliphatic rings. The predicted octanol–water partition coefficient (Wildman–Crippen LogP) is 4.98. The van der Waals surface area contributed by atoms with Crippen molar-refractivity contribution < 1.29 is 26.0 Å². The van der Waals surface area contributed by atoms with E-state index >= 15 is 4.39 Å². The summed E-state index contributed by atoms with van der Waals surface area (Å²) in [5, 5.41) is 10.3. The molecule has 0 bridgehead atoms. The van der Waals surface area contributed by atoms with Crippen molar-refractivity contribution in [3.63, 3.8) is 0 Å². The van der Waals surface area contributed by atoms with Crippen molar-refractivity contribution >= 4 is 20.9 Å². The summed E-state index contributed by atoms with van der Waals surface area (Å²) >= 11 is 0. The van der Waals surface area contributed by atoms with Crippen molar-refractivity contribution in [2.45, 2.75) is 56.3 Å². The highest BCUT2D eigenvalue weighted by Crippen LogP contribution is 2.43. The number of nitrogens with one attached hydrogen (secondary N) is 1.